The van der Waals surface area contributed by atoms with E-state index in [2.05, 4.69) is 316 Å². The molecular formula is C85H71BN2O2. The molecule has 0 atom stereocenters. The fraction of sp³-hybridized carbons (Fsp3) is 0.176. The number of hydrogen-bond donors (Lipinski definition) is 0. The molecule has 0 spiro atoms. The van der Waals surface area contributed by atoms with E-state index in [1.54, 1.807) is 0 Å². The molecule has 4 aliphatic rings. The molecule has 2 aliphatic carbocycles. The fourth-order valence-electron chi connectivity index (χ4n) is 15.7. The van der Waals surface area contributed by atoms with Crippen molar-refractivity contribution in [2.24, 2.45) is 0 Å². The molecule has 4 heterocycles. The van der Waals surface area contributed by atoms with Gasteiger partial charge in [0.1, 0.15) is 22.7 Å². The number of benzene rings is 11. The molecule has 90 heavy (non-hydrogen) atoms. The summed E-state index contributed by atoms with van der Waals surface area (Å²) in [6.07, 6.45) is 0. The maximum atomic E-state index is 6.87. The summed E-state index contributed by atoms with van der Waals surface area (Å²) in [5.74, 6) is 1.67. The van der Waals surface area contributed by atoms with Crippen LogP contribution >= 0.6 is 0 Å². The summed E-state index contributed by atoms with van der Waals surface area (Å²) < 4.78 is 13.7. The summed E-state index contributed by atoms with van der Waals surface area (Å²) in [6, 6.07) is 87.2. The van der Waals surface area contributed by atoms with Gasteiger partial charge in [-0.1, -0.05) is 203 Å². The summed E-state index contributed by atoms with van der Waals surface area (Å²) in [7, 11) is 0. The van der Waals surface area contributed by atoms with Crippen molar-refractivity contribution < 1.29 is 8.83 Å². The van der Waals surface area contributed by atoms with Crippen molar-refractivity contribution in [1.82, 2.24) is 0 Å². The third-order valence-corrected chi connectivity index (χ3v) is 20.5. The van der Waals surface area contributed by atoms with Gasteiger partial charge in [0.25, 0.3) is 6.71 Å². The maximum Gasteiger partial charge on any atom is 0.252 e. The van der Waals surface area contributed by atoms with E-state index in [-0.39, 0.29) is 28.4 Å². The first kappa shape index (κ1) is 54.3. The van der Waals surface area contributed by atoms with Crippen LogP contribution in [0.15, 0.2) is 239 Å². The van der Waals surface area contributed by atoms with Gasteiger partial charge in [0.05, 0.1) is 0 Å². The third kappa shape index (κ3) is 8.21. The highest BCUT2D eigenvalue weighted by Crippen LogP contribution is 2.54. The molecule has 13 aromatic rings. The van der Waals surface area contributed by atoms with Crippen LogP contribution < -0.4 is 26.2 Å². The first-order chi connectivity index (χ1) is 43.2. The Balaban J connectivity index is 0.928. The molecule has 11 aromatic carbocycles. The molecule has 5 heteroatoms. The lowest BCUT2D eigenvalue weighted by Crippen LogP contribution is -2.61. The van der Waals surface area contributed by atoms with Crippen LogP contribution in [0.4, 0.5) is 34.1 Å². The lowest BCUT2D eigenvalue weighted by molar-refractivity contribution is 0.590. The first-order valence-electron chi connectivity index (χ1n) is 32.1. The standard InChI is InChI=1S/C85H71BN2O2/c1-50-36-75-81-76(37-50)88(62-41-56(39-58(43-62)80-47-54-21-13-19-27-78(54)90-80)52-29-33-66-64-23-15-17-25-68(64)85(10,11)70(66)45-52)74-35-31-60(83(5,6)7)49-72(74)86(81)71-48-59(82(2,3)4)30-34-73(71)87(75)61-40-55(38-57(42-61)79-46-53-20-12-18-26-77(53)89-79)51-28-32-65-63-22-14-16-24-67(63)84(8,9)69(65)44-51/h12-49H,1-11H3. The highest BCUT2D eigenvalue weighted by molar-refractivity contribution is 7.00. The van der Waals surface area contributed by atoms with Crippen molar-refractivity contribution >= 4 is 79.2 Å². The van der Waals surface area contributed by atoms with Gasteiger partial charge in [0.15, 0.2) is 0 Å². The van der Waals surface area contributed by atoms with Crippen LogP contribution in [0.25, 0.3) is 89.1 Å². The molecule has 2 aromatic heterocycles. The molecule has 4 nitrogen and oxygen atoms in total. The second-order valence-corrected chi connectivity index (χ2v) is 29.1. The molecule has 0 bridgehead atoms. The van der Waals surface area contributed by atoms with Crippen LogP contribution in [-0.4, -0.2) is 6.71 Å². The maximum absolute atomic E-state index is 6.87. The molecule has 17 rings (SSSR count). The predicted octanol–water partition coefficient (Wildman–Crippen LogP) is 21.4. The first-order valence-corrected chi connectivity index (χ1v) is 32.1. The molecule has 0 N–H and O–H groups in total. The zero-order valence-corrected chi connectivity index (χ0v) is 53.2. The van der Waals surface area contributed by atoms with Crippen molar-refractivity contribution in [2.75, 3.05) is 9.80 Å². The average molecular weight is 1160 g/mol. The van der Waals surface area contributed by atoms with Crippen molar-refractivity contribution in [3.05, 3.63) is 269 Å². The second-order valence-electron chi connectivity index (χ2n) is 29.1. The average Bonchev–Trinajstić information content (AvgIpc) is 1.06. The van der Waals surface area contributed by atoms with E-state index < -0.39 is 0 Å². The largest absolute Gasteiger partial charge is 0.456 e. The van der Waals surface area contributed by atoms with Crippen LogP contribution in [0.3, 0.4) is 0 Å². The number of aryl methyl sites for hydroxylation is 1. The van der Waals surface area contributed by atoms with Crippen molar-refractivity contribution in [1.29, 1.82) is 0 Å². The summed E-state index contributed by atoms with van der Waals surface area (Å²) >= 11 is 0. The van der Waals surface area contributed by atoms with Gasteiger partial charge in [0.2, 0.25) is 0 Å². The number of hydrogen-bond acceptors (Lipinski definition) is 4. The van der Waals surface area contributed by atoms with Crippen LogP contribution in [0.5, 0.6) is 0 Å². The molecule has 436 valence electrons. The Hall–Kier alpha value is -9.84. The van der Waals surface area contributed by atoms with Crippen LogP contribution in [0.1, 0.15) is 108 Å². The normalized spacial score (nSPS) is 14.7. The molecule has 0 unspecified atom stereocenters. The molecule has 0 saturated carbocycles. The van der Waals surface area contributed by atoms with Gasteiger partial charge in [0, 0.05) is 66.9 Å². The number of rotatable bonds is 6. The minimum atomic E-state index is -0.167. The van der Waals surface area contributed by atoms with Gasteiger partial charge in [-0.3, -0.25) is 0 Å². The zero-order chi connectivity index (χ0) is 61.5. The Morgan fingerprint density at radius 3 is 1.18 bits per heavy atom. The van der Waals surface area contributed by atoms with Crippen molar-refractivity contribution in [3.63, 3.8) is 0 Å². The van der Waals surface area contributed by atoms with Gasteiger partial charge >= 0.3 is 0 Å². The zero-order valence-electron chi connectivity index (χ0n) is 53.2. The van der Waals surface area contributed by atoms with E-state index >= 15 is 0 Å². The lowest BCUT2D eigenvalue weighted by atomic mass is 9.33. The Morgan fingerprint density at radius 1 is 0.344 bits per heavy atom. The van der Waals surface area contributed by atoms with Crippen LogP contribution in [0.2, 0.25) is 0 Å². The third-order valence-electron chi connectivity index (χ3n) is 20.5. The van der Waals surface area contributed by atoms with Gasteiger partial charge in [-0.05, 0) is 215 Å². The number of anilines is 6. The molecule has 0 fully saturated rings. The van der Waals surface area contributed by atoms with Crippen LogP contribution in [0, 0.1) is 6.92 Å². The number of fused-ring (bicyclic) bond motifs is 12. The van der Waals surface area contributed by atoms with Gasteiger partial charge in [-0.25, -0.2) is 0 Å². The van der Waals surface area contributed by atoms with E-state index in [0.717, 1.165) is 78.5 Å². The summed E-state index contributed by atoms with van der Waals surface area (Å²) in [5.41, 5.74) is 32.9. The van der Waals surface area contributed by atoms with E-state index in [9.17, 15) is 0 Å². The van der Waals surface area contributed by atoms with Crippen molar-refractivity contribution in [3.8, 4) is 67.2 Å². The van der Waals surface area contributed by atoms with E-state index in [1.165, 1.54) is 100 Å². The lowest BCUT2D eigenvalue weighted by Gasteiger charge is -2.45. The summed E-state index contributed by atoms with van der Waals surface area (Å²) in [4.78, 5) is 5.18. The van der Waals surface area contributed by atoms with E-state index in [0.29, 0.717) is 0 Å². The minimum absolute atomic E-state index is 0.102. The molecular weight excluding hydrogens is 1090 g/mol. The fourth-order valence-corrected chi connectivity index (χ4v) is 15.7. The molecule has 0 radical (unpaired) electrons. The Labute approximate surface area is 529 Å². The molecule has 0 saturated heterocycles. The quantitative estimate of drug-likeness (QED) is 0.155. The monoisotopic (exact) mass is 1160 g/mol. The Bertz CT molecular complexity index is 4820. The SMILES string of the molecule is Cc1cc2c3c(c1)N(c1cc(-c4ccc5c(c4)C(C)(C)c4ccccc4-5)cc(-c4cc5ccccc5o4)c1)c1ccc(C(C)(C)C)cc1B3c1cc(C(C)(C)C)ccc1N2c1cc(-c2ccc3c(c2)C(C)(C)c2ccccc2-3)cc(-c2cc3ccccc3o2)c1. The summed E-state index contributed by atoms with van der Waals surface area (Å²) in [5, 5.41) is 2.16. The second kappa shape index (κ2) is 19.1. The smallest absolute Gasteiger partial charge is 0.252 e. The number of nitrogens with zero attached hydrogens (tertiary/aromatic N) is 2. The Morgan fingerprint density at radius 2 is 0.744 bits per heavy atom. The minimum Gasteiger partial charge on any atom is -0.456 e. The highest BCUT2D eigenvalue weighted by Gasteiger charge is 2.45. The number of para-hydroxylation sites is 2. The number of furan rings is 2. The van der Waals surface area contributed by atoms with E-state index in [1.807, 2.05) is 0 Å². The molecule has 0 amide bonds. The van der Waals surface area contributed by atoms with Crippen LogP contribution in [-0.2, 0) is 21.7 Å². The van der Waals surface area contributed by atoms with Gasteiger partial charge < -0.3 is 18.6 Å². The highest BCUT2D eigenvalue weighted by atomic mass is 16.3. The predicted molar refractivity (Wildman–Crippen MR) is 379 cm³/mol. The van der Waals surface area contributed by atoms with Gasteiger partial charge in [-0.2, -0.15) is 0 Å². The Kier molecular flexibility index (Phi) is 11.5. The van der Waals surface area contributed by atoms with Gasteiger partial charge in [-0.15, -0.1) is 0 Å². The van der Waals surface area contributed by atoms with Crippen molar-refractivity contribution in [2.45, 2.75) is 97.8 Å². The molecule has 2 aliphatic heterocycles. The topological polar surface area (TPSA) is 32.8 Å². The summed E-state index contributed by atoms with van der Waals surface area (Å²) in [6.45, 7) is 25.8. The van der Waals surface area contributed by atoms with E-state index in [4.69, 9.17) is 8.83 Å².